The van der Waals surface area contributed by atoms with Gasteiger partial charge in [-0.2, -0.15) is 0 Å². The summed E-state index contributed by atoms with van der Waals surface area (Å²) in [6.45, 7) is 2.40. The topological polar surface area (TPSA) is 67.9 Å². The number of imide groups is 1. The van der Waals surface area contributed by atoms with Gasteiger partial charge in [0.25, 0.3) is 5.91 Å². The van der Waals surface area contributed by atoms with Gasteiger partial charge in [-0.15, -0.1) is 0 Å². The summed E-state index contributed by atoms with van der Waals surface area (Å²) in [5.74, 6) is 0.693. The molecule has 0 aliphatic carbocycles. The van der Waals surface area contributed by atoms with Crippen molar-refractivity contribution in [2.45, 2.75) is 13.5 Å². The molecule has 28 heavy (non-hydrogen) atoms. The summed E-state index contributed by atoms with van der Waals surface area (Å²) in [5, 5.41) is 3.24. The standard InChI is InChI=1S/C20H18BrClN2O4/c1-3-24-19(25)16(23-20(24)26)8-13-9-17(27-2)18(10-15(13)21)28-11-12-4-6-14(22)7-5-12/h4-10H,3,11H2,1-2H3,(H,23,26)/b16-8+. The van der Waals surface area contributed by atoms with Gasteiger partial charge in [0.15, 0.2) is 11.5 Å². The lowest BCUT2D eigenvalue weighted by Gasteiger charge is -2.13. The van der Waals surface area contributed by atoms with Crippen LogP contribution in [0.3, 0.4) is 0 Å². The molecule has 2 aromatic carbocycles. The molecule has 0 atom stereocenters. The summed E-state index contributed by atoms with van der Waals surface area (Å²) < 4.78 is 12.0. The average molecular weight is 466 g/mol. The van der Waals surface area contributed by atoms with Crippen LogP contribution < -0.4 is 14.8 Å². The maximum atomic E-state index is 12.3. The second-order valence-corrected chi connectivity index (χ2v) is 7.27. The highest BCUT2D eigenvalue weighted by molar-refractivity contribution is 9.10. The van der Waals surface area contributed by atoms with Crippen LogP contribution in [0.5, 0.6) is 11.5 Å². The predicted octanol–water partition coefficient (Wildman–Crippen LogP) is 4.60. The van der Waals surface area contributed by atoms with Gasteiger partial charge < -0.3 is 14.8 Å². The third-order valence-electron chi connectivity index (χ3n) is 4.17. The highest BCUT2D eigenvalue weighted by Crippen LogP contribution is 2.35. The van der Waals surface area contributed by atoms with Crippen molar-refractivity contribution in [1.82, 2.24) is 10.2 Å². The Hall–Kier alpha value is -2.51. The lowest BCUT2D eigenvalue weighted by Crippen LogP contribution is -2.30. The minimum Gasteiger partial charge on any atom is -0.493 e. The van der Waals surface area contributed by atoms with Crippen LogP contribution in [0.1, 0.15) is 18.1 Å². The van der Waals surface area contributed by atoms with Crippen molar-refractivity contribution in [1.29, 1.82) is 0 Å². The van der Waals surface area contributed by atoms with Gasteiger partial charge >= 0.3 is 6.03 Å². The fourth-order valence-corrected chi connectivity index (χ4v) is 3.25. The highest BCUT2D eigenvalue weighted by atomic mass is 79.9. The van der Waals surface area contributed by atoms with E-state index in [0.717, 1.165) is 10.5 Å². The van der Waals surface area contributed by atoms with E-state index in [1.165, 1.54) is 7.11 Å². The molecule has 2 aromatic rings. The Morgan fingerprint density at radius 1 is 1.18 bits per heavy atom. The number of ether oxygens (including phenoxy) is 2. The minimum atomic E-state index is -0.426. The summed E-state index contributed by atoms with van der Waals surface area (Å²) in [5.41, 5.74) is 1.86. The summed E-state index contributed by atoms with van der Waals surface area (Å²) in [7, 11) is 1.54. The molecule has 0 aromatic heterocycles. The Morgan fingerprint density at radius 3 is 2.50 bits per heavy atom. The van der Waals surface area contributed by atoms with Gasteiger partial charge in [0.05, 0.1) is 7.11 Å². The number of nitrogens with zero attached hydrogens (tertiary/aromatic N) is 1. The predicted molar refractivity (Wildman–Crippen MR) is 110 cm³/mol. The van der Waals surface area contributed by atoms with Crippen LogP contribution in [0.4, 0.5) is 4.79 Å². The van der Waals surface area contributed by atoms with Crippen molar-refractivity contribution in [3.05, 3.63) is 62.7 Å². The lowest BCUT2D eigenvalue weighted by molar-refractivity contribution is -0.122. The monoisotopic (exact) mass is 464 g/mol. The van der Waals surface area contributed by atoms with Gasteiger partial charge in [-0.05, 0) is 48.4 Å². The van der Waals surface area contributed by atoms with Gasteiger partial charge in [0.2, 0.25) is 0 Å². The number of halogens is 2. The van der Waals surface area contributed by atoms with Gasteiger partial charge in [-0.1, -0.05) is 39.7 Å². The second kappa shape index (κ2) is 8.67. The van der Waals surface area contributed by atoms with E-state index in [9.17, 15) is 9.59 Å². The molecule has 0 unspecified atom stereocenters. The first-order chi connectivity index (χ1) is 13.4. The van der Waals surface area contributed by atoms with Gasteiger partial charge in [-0.25, -0.2) is 4.79 Å². The van der Waals surface area contributed by atoms with E-state index in [-0.39, 0.29) is 11.6 Å². The van der Waals surface area contributed by atoms with E-state index in [2.05, 4.69) is 21.2 Å². The number of likely N-dealkylation sites (N-methyl/N-ethyl adjacent to an activating group) is 1. The average Bonchev–Trinajstić information content (AvgIpc) is 2.95. The summed E-state index contributed by atoms with van der Waals surface area (Å²) >= 11 is 9.38. The number of urea groups is 1. The van der Waals surface area contributed by atoms with E-state index < -0.39 is 6.03 Å². The van der Waals surface area contributed by atoms with E-state index in [4.69, 9.17) is 21.1 Å². The molecule has 6 nitrogen and oxygen atoms in total. The van der Waals surface area contributed by atoms with Crippen molar-refractivity contribution in [2.75, 3.05) is 13.7 Å². The van der Waals surface area contributed by atoms with Crippen molar-refractivity contribution in [3.63, 3.8) is 0 Å². The first kappa shape index (κ1) is 20.2. The fourth-order valence-electron chi connectivity index (χ4n) is 2.69. The van der Waals surface area contributed by atoms with E-state index in [0.29, 0.717) is 39.7 Å². The molecule has 146 valence electrons. The van der Waals surface area contributed by atoms with Crippen molar-refractivity contribution in [2.24, 2.45) is 0 Å². The third-order valence-corrected chi connectivity index (χ3v) is 5.11. The van der Waals surface area contributed by atoms with Gasteiger partial charge in [0.1, 0.15) is 12.3 Å². The number of benzene rings is 2. The minimum absolute atomic E-state index is 0.212. The first-order valence-electron chi connectivity index (χ1n) is 8.52. The zero-order valence-corrected chi connectivity index (χ0v) is 17.6. The quantitative estimate of drug-likeness (QED) is 0.500. The van der Waals surface area contributed by atoms with E-state index in [1.807, 2.05) is 12.1 Å². The molecule has 0 bridgehead atoms. The number of amides is 3. The van der Waals surface area contributed by atoms with Crippen LogP contribution in [-0.2, 0) is 11.4 Å². The first-order valence-corrected chi connectivity index (χ1v) is 9.69. The third kappa shape index (κ3) is 4.31. The van der Waals surface area contributed by atoms with Crippen LogP contribution in [0.25, 0.3) is 6.08 Å². The summed E-state index contributed by atoms with van der Waals surface area (Å²) in [6, 6.07) is 10.4. The molecule has 1 saturated heterocycles. The van der Waals surface area contributed by atoms with Crippen LogP contribution in [0.2, 0.25) is 5.02 Å². The number of carbonyl (C=O) groups is 2. The number of methoxy groups -OCH3 is 1. The van der Waals surface area contributed by atoms with Gasteiger partial charge in [-0.3, -0.25) is 9.69 Å². The molecular weight excluding hydrogens is 448 g/mol. The van der Waals surface area contributed by atoms with Crippen molar-refractivity contribution in [3.8, 4) is 11.5 Å². The molecule has 1 fully saturated rings. The second-order valence-electron chi connectivity index (χ2n) is 5.98. The molecular formula is C20H18BrClN2O4. The molecule has 8 heteroatoms. The van der Waals surface area contributed by atoms with Crippen LogP contribution >= 0.6 is 27.5 Å². The number of carbonyl (C=O) groups excluding carboxylic acids is 2. The van der Waals surface area contributed by atoms with Crippen LogP contribution in [-0.4, -0.2) is 30.5 Å². The number of hydrogen-bond acceptors (Lipinski definition) is 4. The number of hydrogen-bond donors (Lipinski definition) is 1. The van der Waals surface area contributed by atoms with Crippen LogP contribution in [0.15, 0.2) is 46.6 Å². The fraction of sp³-hybridized carbons (Fsp3) is 0.200. The Kier molecular flexibility index (Phi) is 6.26. The van der Waals surface area contributed by atoms with E-state index in [1.54, 1.807) is 37.3 Å². The molecule has 3 amide bonds. The molecule has 1 aliphatic heterocycles. The summed E-state index contributed by atoms with van der Waals surface area (Å²) in [4.78, 5) is 25.2. The zero-order chi connectivity index (χ0) is 20.3. The largest absolute Gasteiger partial charge is 0.493 e. The molecule has 0 radical (unpaired) electrons. The van der Waals surface area contributed by atoms with E-state index >= 15 is 0 Å². The Morgan fingerprint density at radius 2 is 1.89 bits per heavy atom. The summed E-state index contributed by atoms with van der Waals surface area (Å²) in [6.07, 6.45) is 1.60. The maximum Gasteiger partial charge on any atom is 0.328 e. The van der Waals surface area contributed by atoms with Crippen molar-refractivity contribution < 1.29 is 19.1 Å². The molecule has 0 spiro atoms. The molecule has 1 heterocycles. The lowest BCUT2D eigenvalue weighted by atomic mass is 10.1. The Bertz CT molecular complexity index is 944. The molecule has 0 saturated carbocycles. The number of rotatable bonds is 6. The maximum absolute atomic E-state index is 12.3. The number of nitrogens with one attached hydrogen (secondary N) is 1. The normalized spacial score (nSPS) is 15.1. The van der Waals surface area contributed by atoms with Gasteiger partial charge in [0, 0.05) is 16.0 Å². The molecule has 1 N–H and O–H groups in total. The zero-order valence-electron chi connectivity index (χ0n) is 15.3. The Balaban J connectivity index is 1.83. The van der Waals surface area contributed by atoms with Crippen molar-refractivity contribution >= 4 is 45.5 Å². The SMILES string of the molecule is CCN1C(=O)N/C(=C/c2cc(OC)c(OCc3ccc(Cl)cc3)cc2Br)C1=O. The smallest absolute Gasteiger partial charge is 0.328 e. The highest BCUT2D eigenvalue weighted by Gasteiger charge is 2.32. The van der Waals surface area contributed by atoms with Crippen LogP contribution in [0, 0.1) is 0 Å². The molecule has 1 aliphatic rings. The Labute approximate surface area is 176 Å². The molecule has 3 rings (SSSR count).